The Morgan fingerprint density at radius 2 is 0.957 bits per heavy atom. The second kappa shape index (κ2) is 14.8. The minimum absolute atomic E-state index is 0.570. The maximum absolute atomic E-state index is 6.56. The third-order valence-electron chi connectivity index (χ3n) is 14.6. The van der Waals surface area contributed by atoms with Gasteiger partial charge >= 0.3 is 0 Å². The van der Waals surface area contributed by atoms with Crippen molar-refractivity contribution in [1.82, 2.24) is 19.5 Å². The smallest absolute Gasteiger partial charge is 0.238 e. The SMILES string of the molecule is c1ccc(-c2nc(-c3ccccc3)nc(-n3c4ccccc4c4cc(-c5ccc6c(c5)N(c5ccccc5)c5ccccc5C65c6ccccc6-c6c5ccc5oc7ccccc7c65)ccc43)n2)cc1. The third kappa shape index (κ3) is 5.41. The van der Waals surface area contributed by atoms with E-state index >= 15 is 0 Å². The first-order valence-corrected chi connectivity index (χ1v) is 23.8. The summed E-state index contributed by atoms with van der Waals surface area (Å²) in [5.74, 6) is 1.82. The summed E-state index contributed by atoms with van der Waals surface area (Å²) in [7, 11) is 0. The van der Waals surface area contributed by atoms with Crippen molar-refractivity contribution >= 4 is 60.8 Å². The number of para-hydroxylation sites is 4. The summed E-state index contributed by atoms with van der Waals surface area (Å²) >= 11 is 0. The number of aromatic nitrogens is 4. The molecule has 70 heavy (non-hydrogen) atoms. The molecule has 0 fully saturated rings. The molecule has 10 aromatic carbocycles. The van der Waals surface area contributed by atoms with Gasteiger partial charge in [0.1, 0.15) is 11.2 Å². The molecule has 0 saturated carbocycles. The van der Waals surface area contributed by atoms with Crippen LogP contribution >= 0.6 is 0 Å². The van der Waals surface area contributed by atoms with E-state index in [1.54, 1.807) is 0 Å². The molecule has 1 aliphatic carbocycles. The van der Waals surface area contributed by atoms with Crippen molar-refractivity contribution in [3.63, 3.8) is 0 Å². The maximum Gasteiger partial charge on any atom is 0.238 e. The van der Waals surface area contributed by atoms with Gasteiger partial charge in [0.25, 0.3) is 0 Å². The number of rotatable bonds is 5. The van der Waals surface area contributed by atoms with E-state index < -0.39 is 5.41 Å². The van der Waals surface area contributed by atoms with Gasteiger partial charge in [-0.15, -0.1) is 0 Å². The Balaban J connectivity index is 0.967. The zero-order chi connectivity index (χ0) is 45.9. The van der Waals surface area contributed by atoms with Crippen LogP contribution < -0.4 is 4.90 Å². The molecule has 0 N–H and O–H groups in total. The summed E-state index contributed by atoms with van der Waals surface area (Å²) < 4.78 is 8.75. The normalized spacial score (nSPS) is 14.6. The van der Waals surface area contributed by atoms with Gasteiger partial charge in [0.2, 0.25) is 5.95 Å². The van der Waals surface area contributed by atoms with Gasteiger partial charge in [0.15, 0.2) is 11.6 Å². The van der Waals surface area contributed by atoms with Crippen LogP contribution in [-0.2, 0) is 5.41 Å². The first kappa shape index (κ1) is 38.7. The van der Waals surface area contributed by atoms with Crippen LogP contribution in [0.1, 0.15) is 22.3 Å². The number of benzene rings is 10. The lowest BCUT2D eigenvalue weighted by Gasteiger charge is -2.45. The molecule has 3 aromatic heterocycles. The summed E-state index contributed by atoms with van der Waals surface area (Å²) in [5.41, 5.74) is 18.2. The van der Waals surface area contributed by atoms with Crippen molar-refractivity contribution in [1.29, 1.82) is 0 Å². The Kier molecular flexibility index (Phi) is 8.18. The zero-order valence-corrected chi connectivity index (χ0v) is 37.7. The fourth-order valence-electron chi connectivity index (χ4n) is 11.8. The van der Waals surface area contributed by atoms with Gasteiger partial charge in [-0.2, -0.15) is 9.97 Å². The zero-order valence-electron chi connectivity index (χ0n) is 37.7. The van der Waals surface area contributed by atoms with E-state index in [9.17, 15) is 0 Å². The largest absolute Gasteiger partial charge is 0.456 e. The number of nitrogens with zero attached hydrogens (tertiary/aromatic N) is 5. The number of furan rings is 1. The van der Waals surface area contributed by atoms with Gasteiger partial charge in [0.05, 0.1) is 27.8 Å². The number of hydrogen-bond donors (Lipinski definition) is 0. The van der Waals surface area contributed by atoms with Crippen LogP contribution in [0.25, 0.3) is 94.7 Å². The Bertz CT molecular complexity index is 4200. The Morgan fingerprint density at radius 1 is 0.371 bits per heavy atom. The van der Waals surface area contributed by atoms with E-state index in [1.165, 1.54) is 33.4 Å². The van der Waals surface area contributed by atoms with Crippen LogP contribution in [0.4, 0.5) is 17.1 Å². The molecule has 6 heteroatoms. The van der Waals surface area contributed by atoms with E-state index in [2.05, 4.69) is 185 Å². The van der Waals surface area contributed by atoms with Crippen molar-refractivity contribution < 1.29 is 4.42 Å². The van der Waals surface area contributed by atoms with Crippen molar-refractivity contribution in [3.8, 4) is 51.0 Å². The lowest BCUT2D eigenvalue weighted by atomic mass is 9.64. The first-order chi connectivity index (χ1) is 34.7. The van der Waals surface area contributed by atoms with Crippen molar-refractivity contribution in [2.75, 3.05) is 4.90 Å². The highest BCUT2D eigenvalue weighted by atomic mass is 16.3. The van der Waals surface area contributed by atoms with E-state index in [0.29, 0.717) is 17.6 Å². The minimum Gasteiger partial charge on any atom is -0.456 e. The van der Waals surface area contributed by atoms with E-state index in [0.717, 1.165) is 83.1 Å². The third-order valence-corrected chi connectivity index (χ3v) is 14.6. The van der Waals surface area contributed by atoms with Crippen LogP contribution in [0.3, 0.4) is 0 Å². The van der Waals surface area contributed by atoms with Crippen LogP contribution in [0.2, 0.25) is 0 Å². The van der Waals surface area contributed by atoms with Crippen LogP contribution in [-0.4, -0.2) is 19.5 Å². The van der Waals surface area contributed by atoms with Crippen LogP contribution in [0, 0.1) is 0 Å². The highest BCUT2D eigenvalue weighted by molar-refractivity contribution is 6.16. The van der Waals surface area contributed by atoms with Gasteiger partial charge in [-0.1, -0.05) is 182 Å². The molecule has 15 rings (SSSR count). The van der Waals surface area contributed by atoms with Crippen molar-refractivity contribution in [2.24, 2.45) is 0 Å². The van der Waals surface area contributed by atoms with E-state index in [-0.39, 0.29) is 0 Å². The second-order valence-electron chi connectivity index (χ2n) is 18.3. The fourth-order valence-corrected chi connectivity index (χ4v) is 11.8. The molecular formula is C64H39N5O. The quantitative estimate of drug-likeness (QED) is 0.172. The van der Waals surface area contributed by atoms with Gasteiger partial charge in [-0.05, 0) is 99.1 Å². The summed E-state index contributed by atoms with van der Waals surface area (Å²) in [6.07, 6.45) is 0. The highest BCUT2D eigenvalue weighted by Crippen LogP contribution is 2.65. The van der Waals surface area contributed by atoms with Crippen molar-refractivity contribution in [3.05, 3.63) is 259 Å². The molecule has 0 radical (unpaired) electrons. The second-order valence-corrected chi connectivity index (χ2v) is 18.3. The number of fused-ring (bicyclic) bond motifs is 16. The molecule has 1 spiro atoms. The molecule has 1 atom stereocenters. The monoisotopic (exact) mass is 893 g/mol. The maximum atomic E-state index is 6.56. The fraction of sp³-hybridized carbons (Fsp3) is 0.0156. The summed E-state index contributed by atoms with van der Waals surface area (Å²) in [4.78, 5) is 17.8. The topological polar surface area (TPSA) is 60.0 Å². The highest BCUT2D eigenvalue weighted by Gasteiger charge is 2.52. The summed E-state index contributed by atoms with van der Waals surface area (Å²) in [6.45, 7) is 0. The van der Waals surface area contributed by atoms with Crippen LogP contribution in [0.15, 0.2) is 241 Å². The number of hydrogen-bond acceptors (Lipinski definition) is 5. The molecule has 6 nitrogen and oxygen atoms in total. The molecule has 13 aromatic rings. The molecule has 4 heterocycles. The average molecular weight is 894 g/mol. The van der Waals surface area contributed by atoms with Crippen LogP contribution in [0.5, 0.6) is 0 Å². The standard InChI is InChI=1S/C64H39N5O/c1-4-18-40(19-5-1)61-65-62(41-20-6-2-7-21-41)67-63(66-61)69-53-29-15-11-24-45(53)48-38-42(33-36-54(48)69)43-32-34-51-56(39-43)68(44-22-8-3-9-23-44)55-30-16-14-28-50(55)64(51)49-27-13-10-25-46(49)59-52(64)35-37-58-60(59)47-26-12-17-31-57(47)70-58/h1-39H. The van der Waals surface area contributed by atoms with Gasteiger partial charge in [-0.25, -0.2) is 4.98 Å². The predicted molar refractivity (Wildman–Crippen MR) is 283 cm³/mol. The summed E-state index contributed by atoms with van der Waals surface area (Å²) in [5, 5.41) is 4.53. The molecular weight excluding hydrogens is 855 g/mol. The predicted octanol–water partition coefficient (Wildman–Crippen LogP) is 16.0. The molecule has 1 unspecified atom stereocenters. The Hall–Kier alpha value is -9.39. The van der Waals surface area contributed by atoms with Crippen molar-refractivity contribution in [2.45, 2.75) is 5.41 Å². The first-order valence-electron chi connectivity index (χ1n) is 23.8. The van der Waals surface area contributed by atoms with Gasteiger partial charge < -0.3 is 9.32 Å². The molecule has 326 valence electrons. The molecule has 2 aliphatic rings. The molecule has 0 saturated heterocycles. The van der Waals surface area contributed by atoms with E-state index in [1.807, 2.05) is 60.7 Å². The lowest BCUT2D eigenvalue weighted by Crippen LogP contribution is -2.36. The Labute approximate surface area is 403 Å². The number of anilines is 3. The van der Waals surface area contributed by atoms with Gasteiger partial charge in [0, 0.05) is 38.4 Å². The Morgan fingerprint density at radius 3 is 1.74 bits per heavy atom. The lowest BCUT2D eigenvalue weighted by molar-refractivity contribution is 0.668. The molecule has 0 amide bonds. The minimum atomic E-state index is -0.618. The van der Waals surface area contributed by atoms with Gasteiger partial charge in [-0.3, -0.25) is 4.57 Å². The van der Waals surface area contributed by atoms with E-state index in [4.69, 9.17) is 19.4 Å². The summed E-state index contributed by atoms with van der Waals surface area (Å²) in [6, 6.07) is 84.6. The average Bonchev–Trinajstić information content (AvgIpc) is 4.08. The molecule has 0 bridgehead atoms. The molecule has 1 aliphatic heterocycles.